The summed E-state index contributed by atoms with van der Waals surface area (Å²) < 4.78 is 68.1. The predicted molar refractivity (Wildman–Crippen MR) is 372 cm³/mol. The van der Waals surface area contributed by atoms with E-state index in [1.165, 1.54) is 199 Å². The van der Waals surface area contributed by atoms with Gasteiger partial charge >= 0.3 is 39.5 Å². The summed E-state index contributed by atoms with van der Waals surface area (Å²) in [7, 11) is -9.89. The monoisotopic (exact) mass is 1350 g/mol. The van der Waals surface area contributed by atoms with Crippen LogP contribution in [0.3, 0.4) is 0 Å². The van der Waals surface area contributed by atoms with Crippen LogP contribution in [-0.4, -0.2) is 96.7 Å². The van der Waals surface area contributed by atoms with Crippen molar-refractivity contribution in [3.8, 4) is 0 Å². The first kappa shape index (κ1) is 90.1. The summed E-state index contributed by atoms with van der Waals surface area (Å²) in [5.74, 6) is -1.31. The second-order valence-corrected chi connectivity index (χ2v) is 29.7. The second-order valence-electron chi connectivity index (χ2n) is 26.8. The van der Waals surface area contributed by atoms with Crippen molar-refractivity contribution in [2.24, 2.45) is 5.92 Å². The minimum Gasteiger partial charge on any atom is -0.462 e. The number of carbonyl (C=O) groups excluding carboxylic acids is 4. The van der Waals surface area contributed by atoms with E-state index in [0.717, 1.165) is 102 Å². The van der Waals surface area contributed by atoms with Crippen LogP contribution in [0, 0.1) is 5.92 Å². The standard InChI is InChI=1S/C73H142O17P2/c1-6-9-12-15-17-19-20-21-22-25-29-32-35-39-42-47-52-57-71(76)84-63-69(90-73(78)59-54-49-44-40-36-33-30-27-24-23-26-28-31-34-38-41-46-50-55-66(4)5)65-88-92(81,82)86-61-67(74)60-85-91(79,80)87-64-68(62-83-70(75)56-51-45-14-11-8-3)89-72(77)58-53-48-43-37-18-16-13-10-7-2/h66-69,74H,6-65H2,1-5H3,(H,79,80)(H,81,82)/t67-,68+,69+/m0/s1. The summed E-state index contributed by atoms with van der Waals surface area (Å²) in [6, 6.07) is 0. The molecule has 19 heteroatoms. The molecule has 546 valence electrons. The van der Waals surface area contributed by atoms with Gasteiger partial charge < -0.3 is 33.8 Å². The van der Waals surface area contributed by atoms with E-state index >= 15 is 0 Å². The molecule has 0 heterocycles. The molecule has 0 rings (SSSR count). The van der Waals surface area contributed by atoms with Crippen LogP contribution in [0.25, 0.3) is 0 Å². The lowest BCUT2D eigenvalue weighted by Gasteiger charge is -2.21. The zero-order valence-corrected chi connectivity index (χ0v) is 61.5. The summed E-state index contributed by atoms with van der Waals surface area (Å²) >= 11 is 0. The number of ether oxygens (including phenoxy) is 4. The van der Waals surface area contributed by atoms with Gasteiger partial charge in [-0.3, -0.25) is 37.3 Å². The molecule has 0 amide bonds. The van der Waals surface area contributed by atoms with E-state index in [4.69, 9.17) is 37.0 Å². The van der Waals surface area contributed by atoms with E-state index in [9.17, 15) is 43.2 Å². The van der Waals surface area contributed by atoms with Gasteiger partial charge in [0.15, 0.2) is 12.2 Å². The van der Waals surface area contributed by atoms with Gasteiger partial charge in [-0.05, 0) is 31.6 Å². The third-order valence-corrected chi connectivity index (χ3v) is 18.9. The Morgan fingerprint density at radius 1 is 0.293 bits per heavy atom. The number of aliphatic hydroxyl groups is 1. The van der Waals surface area contributed by atoms with Crippen LogP contribution >= 0.6 is 15.6 Å². The van der Waals surface area contributed by atoms with E-state index in [2.05, 4.69) is 34.6 Å². The quantitative estimate of drug-likeness (QED) is 0.0222. The average molecular weight is 1350 g/mol. The van der Waals surface area contributed by atoms with Crippen molar-refractivity contribution in [1.29, 1.82) is 0 Å². The highest BCUT2D eigenvalue weighted by atomic mass is 31.2. The maximum atomic E-state index is 13.1. The fourth-order valence-corrected chi connectivity index (χ4v) is 12.8. The third kappa shape index (κ3) is 66.7. The summed E-state index contributed by atoms with van der Waals surface area (Å²) in [4.78, 5) is 72.3. The molecule has 0 fully saturated rings. The Kier molecular flexibility index (Phi) is 64.9. The number of aliphatic hydroxyl groups excluding tert-OH is 1. The van der Waals surface area contributed by atoms with Crippen LogP contribution in [0.2, 0.25) is 0 Å². The smallest absolute Gasteiger partial charge is 0.462 e. The molecule has 0 aromatic heterocycles. The number of unbranched alkanes of at least 4 members (excludes halogenated alkanes) is 45. The Balaban J connectivity index is 5.10. The second kappa shape index (κ2) is 66.3. The topological polar surface area (TPSA) is 237 Å². The zero-order chi connectivity index (χ0) is 67.7. The highest BCUT2D eigenvalue weighted by molar-refractivity contribution is 7.47. The van der Waals surface area contributed by atoms with Gasteiger partial charge in [0.1, 0.15) is 19.3 Å². The summed E-state index contributed by atoms with van der Waals surface area (Å²) in [5.41, 5.74) is 0. The molecule has 92 heavy (non-hydrogen) atoms. The summed E-state index contributed by atoms with van der Waals surface area (Å²) in [6.07, 6.45) is 54.7. The maximum Gasteiger partial charge on any atom is 0.472 e. The predicted octanol–water partition coefficient (Wildman–Crippen LogP) is 21.3. The van der Waals surface area contributed by atoms with Crippen LogP contribution in [0.1, 0.15) is 381 Å². The summed E-state index contributed by atoms with van der Waals surface area (Å²) in [5, 5.41) is 10.6. The first-order valence-corrected chi connectivity index (χ1v) is 41.1. The molecule has 0 bridgehead atoms. The Hall–Kier alpha value is -1.94. The van der Waals surface area contributed by atoms with Gasteiger partial charge in [-0.1, -0.05) is 330 Å². The van der Waals surface area contributed by atoms with Crippen molar-refractivity contribution in [2.45, 2.75) is 400 Å². The zero-order valence-electron chi connectivity index (χ0n) is 59.7. The molecule has 5 atom stereocenters. The van der Waals surface area contributed by atoms with Crippen LogP contribution in [0.4, 0.5) is 0 Å². The Bertz CT molecular complexity index is 1770. The Morgan fingerprint density at radius 2 is 0.500 bits per heavy atom. The minimum absolute atomic E-state index is 0.105. The lowest BCUT2D eigenvalue weighted by Crippen LogP contribution is -2.30. The fourth-order valence-electron chi connectivity index (χ4n) is 11.2. The first-order valence-electron chi connectivity index (χ1n) is 38.1. The largest absolute Gasteiger partial charge is 0.472 e. The van der Waals surface area contributed by atoms with Gasteiger partial charge in [-0.25, -0.2) is 9.13 Å². The molecule has 3 N–H and O–H groups in total. The Morgan fingerprint density at radius 3 is 0.739 bits per heavy atom. The molecule has 0 saturated heterocycles. The molecule has 0 aliphatic carbocycles. The van der Waals surface area contributed by atoms with Crippen molar-refractivity contribution >= 4 is 39.5 Å². The highest BCUT2D eigenvalue weighted by Crippen LogP contribution is 2.45. The molecule has 0 aliphatic heterocycles. The van der Waals surface area contributed by atoms with E-state index < -0.39 is 97.5 Å². The van der Waals surface area contributed by atoms with Gasteiger partial charge in [-0.2, -0.15) is 0 Å². The van der Waals surface area contributed by atoms with Crippen molar-refractivity contribution in [3.63, 3.8) is 0 Å². The average Bonchev–Trinajstić information content (AvgIpc) is 3.26. The van der Waals surface area contributed by atoms with Crippen LogP contribution in [0.15, 0.2) is 0 Å². The van der Waals surface area contributed by atoms with Crippen LogP contribution < -0.4 is 0 Å². The first-order chi connectivity index (χ1) is 44.5. The van der Waals surface area contributed by atoms with E-state index in [1.807, 2.05) is 0 Å². The van der Waals surface area contributed by atoms with Gasteiger partial charge in [0, 0.05) is 25.7 Å². The summed E-state index contributed by atoms with van der Waals surface area (Å²) in [6.45, 7) is 7.20. The van der Waals surface area contributed by atoms with Gasteiger partial charge in [0.2, 0.25) is 0 Å². The van der Waals surface area contributed by atoms with Crippen molar-refractivity contribution in [1.82, 2.24) is 0 Å². The third-order valence-electron chi connectivity index (χ3n) is 17.0. The molecular weight excluding hydrogens is 1210 g/mol. The van der Waals surface area contributed by atoms with Crippen molar-refractivity contribution in [3.05, 3.63) is 0 Å². The molecule has 17 nitrogen and oxygen atoms in total. The molecule has 2 unspecified atom stereocenters. The van der Waals surface area contributed by atoms with E-state index in [1.54, 1.807) is 0 Å². The molecular formula is C73H142O17P2. The number of hydrogen-bond donors (Lipinski definition) is 3. The molecule has 0 spiro atoms. The van der Waals surface area contributed by atoms with Gasteiger partial charge in [0.25, 0.3) is 0 Å². The molecule has 0 aliphatic rings. The Labute approximate surface area is 562 Å². The van der Waals surface area contributed by atoms with Crippen LogP contribution in [-0.2, 0) is 65.4 Å². The number of esters is 4. The highest BCUT2D eigenvalue weighted by Gasteiger charge is 2.30. The number of phosphoric ester groups is 2. The normalized spacial score (nSPS) is 14.0. The number of rotatable bonds is 73. The van der Waals surface area contributed by atoms with Crippen LogP contribution in [0.5, 0.6) is 0 Å². The fraction of sp³-hybridized carbons (Fsp3) is 0.945. The van der Waals surface area contributed by atoms with Crippen molar-refractivity contribution in [2.75, 3.05) is 39.6 Å². The molecule has 0 aromatic rings. The maximum absolute atomic E-state index is 13.1. The number of phosphoric acid groups is 2. The number of carbonyl (C=O) groups is 4. The number of hydrogen-bond acceptors (Lipinski definition) is 15. The van der Waals surface area contributed by atoms with Crippen molar-refractivity contribution < 1.29 is 80.2 Å². The SMILES string of the molecule is CCCCCCCCCCCCCCCCCCCC(=O)OC[C@H](COP(=O)(O)OC[C@@H](O)COP(=O)(O)OC[C@@H](COC(=O)CCCCCCC)OC(=O)CCCCCCCCCCC)OC(=O)CCCCCCCCCCCCCCCCCCCCC(C)C. The lowest BCUT2D eigenvalue weighted by molar-refractivity contribution is -0.161. The van der Waals surface area contributed by atoms with E-state index in [0.29, 0.717) is 25.7 Å². The molecule has 0 aromatic carbocycles. The molecule has 0 saturated carbocycles. The van der Waals surface area contributed by atoms with E-state index in [-0.39, 0.29) is 25.7 Å². The molecule has 0 radical (unpaired) electrons. The minimum atomic E-state index is -4.95. The lowest BCUT2D eigenvalue weighted by atomic mass is 10.0. The van der Waals surface area contributed by atoms with Gasteiger partial charge in [0.05, 0.1) is 26.4 Å². The van der Waals surface area contributed by atoms with Gasteiger partial charge in [-0.15, -0.1) is 0 Å².